The van der Waals surface area contributed by atoms with Crippen LogP contribution in [-0.4, -0.2) is 37.3 Å². The number of aromatic nitrogens is 1. The van der Waals surface area contributed by atoms with Crippen LogP contribution in [0.2, 0.25) is 0 Å². The summed E-state index contributed by atoms with van der Waals surface area (Å²) in [6.07, 6.45) is 4.04. The fraction of sp³-hybridized carbons (Fsp3) is 0.500. The quantitative estimate of drug-likeness (QED) is 0.903. The van der Waals surface area contributed by atoms with E-state index in [1.807, 2.05) is 11.6 Å². The first-order valence-corrected chi connectivity index (χ1v) is 9.46. The molecule has 5 nitrogen and oxygen atoms in total. The number of piperidine rings is 1. The first-order chi connectivity index (χ1) is 11.9. The van der Waals surface area contributed by atoms with Crippen LogP contribution < -0.4 is 10.2 Å². The van der Waals surface area contributed by atoms with Crippen molar-refractivity contribution in [1.29, 1.82) is 0 Å². The fourth-order valence-electron chi connectivity index (χ4n) is 3.25. The minimum atomic E-state index is -0.179. The third-order valence-corrected chi connectivity index (χ3v) is 5.49. The molecule has 2 fully saturated rings. The van der Waals surface area contributed by atoms with Crippen molar-refractivity contribution < 1.29 is 9.47 Å². The highest BCUT2D eigenvalue weighted by molar-refractivity contribution is 7.13. The number of thiazole rings is 1. The Morgan fingerprint density at radius 1 is 1.12 bits per heavy atom. The van der Waals surface area contributed by atoms with Crippen LogP contribution in [0.4, 0.5) is 5.13 Å². The van der Waals surface area contributed by atoms with Crippen molar-refractivity contribution in [1.82, 2.24) is 10.3 Å². The van der Waals surface area contributed by atoms with Gasteiger partial charge in [-0.2, -0.15) is 0 Å². The Morgan fingerprint density at radius 3 is 2.54 bits per heavy atom. The molecule has 0 unspecified atom stereocenters. The average molecular weight is 345 g/mol. The van der Waals surface area contributed by atoms with Crippen molar-refractivity contribution in [3.8, 4) is 0 Å². The van der Waals surface area contributed by atoms with Crippen molar-refractivity contribution >= 4 is 16.5 Å². The van der Waals surface area contributed by atoms with Gasteiger partial charge in [0.1, 0.15) is 0 Å². The summed E-state index contributed by atoms with van der Waals surface area (Å²) in [4.78, 5) is 6.79. The minimum absolute atomic E-state index is 0.179. The topological polar surface area (TPSA) is 46.6 Å². The molecule has 2 aliphatic heterocycles. The maximum absolute atomic E-state index is 5.53. The molecule has 0 amide bonds. The number of rotatable bonds is 5. The molecule has 0 spiro atoms. The first-order valence-electron chi connectivity index (χ1n) is 8.58. The molecule has 1 N–H and O–H groups in total. The summed E-state index contributed by atoms with van der Waals surface area (Å²) in [5.41, 5.74) is 2.41. The van der Waals surface area contributed by atoms with Crippen LogP contribution in [0.1, 0.15) is 30.3 Å². The number of ether oxygens (including phenoxy) is 2. The lowest BCUT2D eigenvalue weighted by Crippen LogP contribution is -2.42. The minimum Gasteiger partial charge on any atom is -0.348 e. The van der Waals surface area contributed by atoms with E-state index in [9.17, 15) is 0 Å². The molecule has 24 heavy (non-hydrogen) atoms. The summed E-state index contributed by atoms with van der Waals surface area (Å²) in [6, 6.07) is 9.13. The molecule has 4 rings (SSSR count). The number of hydrogen-bond acceptors (Lipinski definition) is 6. The van der Waals surface area contributed by atoms with Gasteiger partial charge in [-0.1, -0.05) is 24.3 Å². The maximum Gasteiger partial charge on any atom is 0.185 e. The van der Waals surface area contributed by atoms with Crippen LogP contribution in [0.5, 0.6) is 0 Å². The first kappa shape index (κ1) is 16.0. The molecule has 1 aromatic heterocycles. The van der Waals surface area contributed by atoms with E-state index in [-0.39, 0.29) is 6.29 Å². The van der Waals surface area contributed by atoms with E-state index in [1.165, 1.54) is 18.4 Å². The van der Waals surface area contributed by atoms with Gasteiger partial charge in [0, 0.05) is 42.8 Å². The zero-order chi connectivity index (χ0) is 16.2. The van der Waals surface area contributed by atoms with Gasteiger partial charge in [-0.15, -0.1) is 11.3 Å². The van der Waals surface area contributed by atoms with Crippen LogP contribution >= 0.6 is 11.3 Å². The zero-order valence-electron chi connectivity index (χ0n) is 13.7. The summed E-state index contributed by atoms with van der Waals surface area (Å²) in [5.74, 6) is 0. The summed E-state index contributed by atoms with van der Waals surface area (Å²) < 4.78 is 11.1. The van der Waals surface area contributed by atoms with Gasteiger partial charge in [0.25, 0.3) is 0 Å². The third-order valence-electron chi connectivity index (χ3n) is 4.65. The number of hydrogen-bond donors (Lipinski definition) is 1. The van der Waals surface area contributed by atoms with Crippen LogP contribution in [0.3, 0.4) is 0 Å². The lowest BCUT2D eigenvalue weighted by Gasteiger charge is -2.32. The average Bonchev–Trinajstić information content (AvgIpc) is 3.34. The molecule has 2 saturated heterocycles. The van der Waals surface area contributed by atoms with E-state index in [4.69, 9.17) is 9.47 Å². The third kappa shape index (κ3) is 3.78. The molecular formula is C18H23N3O2S. The van der Waals surface area contributed by atoms with E-state index in [0.717, 1.165) is 30.3 Å². The van der Waals surface area contributed by atoms with Gasteiger partial charge >= 0.3 is 0 Å². The number of benzene rings is 1. The summed E-state index contributed by atoms with van der Waals surface area (Å²) >= 11 is 1.73. The Morgan fingerprint density at radius 2 is 1.88 bits per heavy atom. The van der Waals surface area contributed by atoms with Crippen LogP contribution in [0, 0.1) is 0 Å². The molecule has 1 aromatic carbocycles. The lowest BCUT2D eigenvalue weighted by atomic mass is 10.0. The predicted octanol–water partition coefficient (Wildman–Crippen LogP) is 2.95. The highest BCUT2D eigenvalue weighted by atomic mass is 32.1. The largest absolute Gasteiger partial charge is 0.348 e. The summed E-state index contributed by atoms with van der Waals surface area (Å²) in [6.45, 7) is 4.46. The van der Waals surface area contributed by atoms with Crippen LogP contribution in [0.15, 0.2) is 35.8 Å². The van der Waals surface area contributed by atoms with Gasteiger partial charge in [0.05, 0.1) is 13.2 Å². The maximum atomic E-state index is 5.53. The Balaban J connectivity index is 1.24. The second-order valence-electron chi connectivity index (χ2n) is 6.27. The monoisotopic (exact) mass is 345 g/mol. The molecule has 3 heterocycles. The van der Waals surface area contributed by atoms with E-state index >= 15 is 0 Å². The molecule has 0 radical (unpaired) electrons. The highest BCUT2D eigenvalue weighted by Crippen LogP contribution is 2.24. The normalized spacial score (nSPS) is 19.9. The second kappa shape index (κ2) is 7.61. The van der Waals surface area contributed by atoms with Crippen molar-refractivity contribution in [2.24, 2.45) is 0 Å². The molecule has 0 atom stereocenters. The van der Waals surface area contributed by atoms with E-state index in [0.29, 0.717) is 19.3 Å². The number of nitrogens with one attached hydrogen (secondary N) is 1. The number of nitrogens with zero attached hydrogens (tertiary/aromatic N) is 2. The van der Waals surface area contributed by atoms with E-state index in [1.54, 1.807) is 11.3 Å². The van der Waals surface area contributed by atoms with Crippen LogP contribution in [0.25, 0.3) is 0 Å². The van der Waals surface area contributed by atoms with Crippen molar-refractivity contribution in [2.45, 2.75) is 31.7 Å². The molecule has 0 aliphatic carbocycles. The molecule has 0 saturated carbocycles. The van der Waals surface area contributed by atoms with Crippen LogP contribution in [-0.2, 0) is 16.0 Å². The smallest absolute Gasteiger partial charge is 0.185 e. The number of anilines is 1. The van der Waals surface area contributed by atoms with E-state index in [2.05, 4.69) is 39.5 Å². The van der Waals surface area contributed by atoms with Crippen molar-refractivity contribution in [3.63, 3.8) is 0 Å². The Hall–Kier alpha value is -1.47. The molecule has 2 aromatic rings. The standard InChI is InChI=1S/C18H23N3O2S/c1-3-15(17-22-10-11-23-17)4-2-14(1)13-20-16-5-8-21(9-6-16)18-19-7-12-24-18/h1-4,7,12,16-17,20H,5-6,8-11,13H2. The van der Waals surface area contributed by atoms with Crippen molar-refractivity contribution in [2.75, 3.05) is 31.2 Å². The Bertz CT molecular complexity index is 618. The lowest BCUT2D eigenvalue weighted by molar-refractivity contribution is -0.0441. The Labute approximate surface area is 146 Å². The SMILES string of the molecule is c1csc(N2CCC(NCc3ccc(C4OCCO4)cc3)CC2)n1. The van der Waals surface area contributed by atoms with Gasteiger partial charge in [-0.3, -0.25) is 0 Å². The van der Waals surface area contributed by atoms with E-state index < -0.39 is 0 Å². The van der Waals surface area contributed by atoms with Gasteiger partial charge in [-0.05, 0) is 18.4 Å². The molecule has 0 bridgehead atoms. The van der Waals surface area contributed by atoms with Gasteiger partial charge < -0.3 is 19.7 Å². The van der Waals surface area contributed by atoms with Gasteiger partial charge in [0.2, 0.25) is 0 Å². The molecular weight excluding hydrogens is 322 g/mol. The molecule has 2 aliphatic rings. The summed E-state index contributed by atoms with van der Waals surface area (Å²) in [5, 5.41) is 6.89. The summed E-state index contributed by atoms with van der Waals surface area (Å²) in [7, 11) is 0. The van der Waals surface area contributed by atoms with Crippen molar-refractivity contribution in [3.05, 3.63) is 47.0 Å². The fourth-order valence-corrected chi connectivity index (χ4v) is 3.95. The highest BCUT2D eigenvalue weighted by Gasteiger charge is 2.20. The second-order valence-corrected chi connectivity index (χ2v) is 7.15. The van der Waals surface area contributed by atoms with Gasteiger partial charge in [-0.25, -0.2) is 4.98 Å². The van der Waals surface area contributed by atoms with Gasteiger partial charge in [0.15, 0.2) is 11.4 Å². The predicted molar refractivity (Wildman–Crippen MR) is 95.3 cm³/mol. The molecule has 128 valence electrons. The Kier molecular flexibility index (Phi) is 5.08. The molecule has 6 heteroatoms. The zero-order valence-corrected chi connectivity index (χ0v) is 14.5.